The number of methoxy groups -OCH3 is 1. The lowest BCUT2D eigenvalue weighted by Crippen LogP contribution is -2.45. The number of ether oxygens (including phenoxy) is 1. The summed E-state index contributed by atoms with van der Waals surface area (Å²) in [4.78, 5) is 20.8. The van der Waals surface area contributed by atoms with Crippen LogP contribution in [0.4, 0.5) is 34.6 Å². The molecule has 1 amide bonds. The Bertz CT molecular complexity index is 1290. The second-order valence-electron chi connectivity index (χ2n) is 8.21. The van der Waals surface area contributed by atoms with Gasteiger partial charge in [0.1, 0.15) is 17.1 Å². The average molecular weight is 567 g/mol. The monoisotopic (exact) mass is 566 g/mol. The van der Waals surface area contributed by atoms with E-state index in [0.29, 0.717) is 47.9 Å². The van der Waals surface area contributed by atoms with Crippen LogP contribution in [0.3, 0.4) is 0 Å². The largest absolute Gasteiger partial charge is 0.481 e. The summed E-state index contributed by atoms with van der Waals surface area (Å²) in [5.74, 6) is -0.750. The third kappa shape index (κ3) is 5.17. The Hall–Kier alpha value is -3.18. The van der Waals surface area contributed by atoms with Crippen LogP contribution in [0.15, 0.2) is 53.1 Å². The molecule has 190 valence electrons. The van der Waals surface area contributed by atoms with Crippen molar-refractivity contribution in [2.75, 3.05) is 30.1 Å². The molecule has 3 aromatic rings. The summed E-state index contributed by atoms with van der Waals surface area (Å²) in [6, 6.07) is 10.5. The van der Waals surface area contributed by atoms with E-state index in [1.807, 2.05) is 0 Å². The first-order valence-electron chi connectivity index (χ1n) is 11.1. The summed E-state index contributed by atoms with van der Waals surface area (Å²) in [5, 5.41) is 0. The molecule has 1 aliphatic heterocycles. The summed E-state index contributed by atoms with van der Waals surface area (Å²) in [5.41, 5.74) is 6.44. The molecule has 36 heavy (non-hydrogen) atoms. The number of nitrogens with two attached hydrogens (primary N) is 1. The van der Waals surface area contributed by atoms with Crippen LogP contribution in [-0.2, 0) is 12.6 Å². The quantitative estimate of drug-likeness (QED) is 0.214. The fraction of sp³-hybridized carbons (Fsp3) is 0.280. The van der Waals surface area contributed by atoms with Crippen molar-refractivity contribution in [3.63, 3.8) is 0 Å². The first-order chi connectivity index (χ1) is 17.1. The van der Waals surface area contributed by atoms with Crippen molar-refractivity contribution in [2.24, 2.45) is 5.73 Å². The van der Waals surface area contributed by atoms with Crippen LogP contribution in [-0.4, -0.2) is 31.2 Å². The Kier molecular flexibility index (Phi) is 7.51. The van der Waals surface area contributed by atoms with E-state index >= 15 is 0 Å². The topological polar surface area (TPSA) is 71.7 Å². The molecule has 0 radical (unpaired) electrons. The van der Waals surface area contributed by atoms with Gasteiger partial charge in [0.05, 0.1) is 29.6 Å². The molecule has 0 unspecified atom stereocenters. The van der Waals surface area contributed by atoms with Gasteiger partial charge in [-0.2, -0.15) is 13.2 Å². The molecule has 0 fully saturated rings. The lowest BCUT2D eigenvalue weighted by Gasteiger charge is -2.39. The summed E-state index contributed by atoms with van der Waals surface area (Å²) < 4.78 is 60.2. The smallest absolute Gasteiger partial charge is 0.416 e. The van der Waals surface area contributed by atoms with Gasteiger partial charge in [0, 0.05) is 11.8 Å². The molecule has 2 heterocycles. The number of nitrogens with zero attached hydrogens (tertiary/aromatic N) is 3. The first kappa shape index (κ1) is 25.9. The number of fused-ring (bicyclic) bond motifs is 1. The maximum absolute atomic E-state index is 14.2. The molecule has 0 atom stereocenters. The van der Waals surface area contributed by atoms with Gasteiger partial charge in [-0.3, -0.25) is 9.69 Å². The second-order valence-corrected chi connectivity index (χ2v) is 8.97. The molecule has 1 aliphatic rings. The zero-order valence-electron chi connectivity index (χ0n) is 19.3. The number of unbranched alkanes of at least 4 members (excludes halogenated alkanes) is 1. The number of amides is 1. The summed E-state index contributed by atoms with van der Waals surface area (Å²) in [7, 11) is 1.44. The normalized spacial score (nSPS) is 13.7. The predicted molar refractivity (Wildman–Crippen MR) is 132 cm³/mol. The second kappa shape index (κ2) is 10.4. The number of benzene rings is 2. The van der Waals surface area contributed by atoms with Crippen molar-refractivity contribution in [2.45, 2.75) is 25.4 Å². The number of hydrogen-bond donors (Lipinski definition) is 1. The molecule has 0 spiro atoms. The fourth-order valence-electron chi connectivity index (χ4n) is 4.14. The minimum atomic E-state index is -4.63. The lowest BCUT2D eigenvalue weighted by molar-refractivity contribution is -0.137. The Morgan fingerprint density at radius 3 is 2.42 bits per heavy atom. The highest BCUT2D eigenvalue weighted by Gasteiger charge is 2.37. The fourth-order valence-corrected chi connectivity index (χ4v) is 4.66. The van der Waals surface area contributed by atoms with E-state index in [4.69, 9.17) is 10.5 Å². The van der Waals surface area contributed by atoms with Crippen molar-refractivity contribution in [1.29, 1.82) is 0 Å². The van der Waals surface area contributed by atoms with Crippen LogP contribution in [0, 0.1) is 5.82 Å². The maximum atomic E-state index is 14.2. The summed E-state index contributed by atoms with van der Waals surface area (Å²) in [6.07, 6.45) is -2.68. The van der Waals surface area contributed by atoms with Crippen molar-refractivity contribution >= 4 is 38.9 Å². The molecule has 0 saturated carbocycles. The number of aromatic nitrogens is 1. The molecule has 0 bridgehead atoms. The van der Waals surface area contributed by atoms with Gasteiger partial charge in [0.2, 0.25) is 5.88 Å². The van der Waals surface area contributed by atoms with Gasteiger partial charge in [-0.05, 0) is 89.8 Å². The highest BCUT2D eigenvalue weighted by atomic mass is 79.9. The number of halogens is 5. The van der Waals surface area contributed by atoms with Crippen LogP contribution in [0.25, 0.3) is 0 Å². The van der Waals surface area contributed by atoms with E-state index in [0.717, 1.165) is 18.6 Å². The van der Waals surface area contributed by atoms with E-state index in [-0.39, 0.29) is 16.8 Å². The third-order valence-electron chi connectivity index (χ3n) is 5.91. The number of rotatable bonds is 7. The van der Waals surface area contributed by atoms with Crippen molar-refractivity contribution in [3.8, 4) is 5.88 Å². The third-order valence-corrected chi connectivity index (χ3v) is 6.49. The molecule has 2 aromatic carbocycles. The van der Waals surface area contributed by atoms with Crippen LogP contribution in [0.1, 0.15) is 34.3 Å². The molecule has 0 aliphatic carbocycles. The van der Waals surface area contributed by atoms with Crippen LogP contribution < -0.4 is 20.3 Å². The van der Waals surface area contributed by atoms with Crippen molar-refractivity contribution < 1.29 is 27.1 Å². The van der Waals surface area contributed by atoms with E-state index in [1.165, 1.54) is 30.2 Å². The number of anilines is 3. The van der Waals surface area contributed by atoms with E-state index in [1.54, 1.807) is 23.1 Å². The Morgan fingerprint density at radius 2 is 1.75 bits per heavy atom. The van der Waals surface area contributed by atoms with Crippen molar-refractivity contribution in [1.82, 2.24) is 4.98 Å². The zero-order valence-corrected chi connectivity index (χ0v) is 20.9. The van der Waals surface area contributed by atoms with E-state index in [9.17, 15) is 22.4 Å². The summed E-state index contributed by atoms with van der Waals surface area (Å²) >= 11 is 3.33. The van der Waals surface area contributed by atoms with Gasteiger partial charge in [-0.15, -0.1) is 0 Å². The Balaban J connectivity index is 1.87. The van der Waals surface area contributed by atoms with Crippen LogP contribution in [0.5, 0.6) is 5.88 Å². The van der Waals surface area contributed by atoms with Crippen LogP contribution >= 0.6 is 15.9 Å². The van der Waals surface area contributed by atoms with Gasteiger partial charge < -0.3 is 15.4 Å². The van der Waals surface area contributed by atoms with Crippen molar-refractivity contribution in [3.05, 3.63) is 75.6 Å². The summed E-state index contributed by atoms with van der Waals surface area (Å²) in [6.45, 7) is 0.456. The zero-order chi connectivity index (χ0) is 26.0. The maximum Gasteiger partial charge on any atom is 0.416 e. The highest BCUT2D eigenvalue weighted by Crippen LogP contribution is 2.41. The number of carbonyl (C=O) groups is 1. The molecule has 4 rings (SSSR count). The SMILES string of the molecule is COc1ccc(N2CN(c3ccc(F)cc3CCCCN)c3ccc(C(F)(F)F)cc3C2=O)c(Br)n1. The molecule has 6 nitrogen and oxygen atoms in total. The average Bonchev–Trinajstić information content (AvgIpc) is 2.84. The molecule has 11 heteroatoms. The van der Waals surface area contributed by atoms with Gasteiger partial charge >= 0.3 is 6.18 Å². The number of alkyl halides is 3. The number of pyridine rings is 1. The van der Waals surface area contributed by atoms with Gasteiger partial charge in [-0.1, -0.05) is 0 Å². The Morgan fingerprint density at radius 1 is 1.03 bits per heavy atom. The molecular weight excluding hydrogens is 544 g/mol. The van der Waals surface area contributed by atoms with E-state index < -0.39 is 23.5 Å². The van der Waals surface area contributed by atoms with E-state index in [2.05, 4.69) is 20.9 Å². The number of carbonyl (C=O) groups excluding carboxylic acids is 1. The molecular formula is C25H23BrF4N4O2. The minimum absolute atomic E-state index is 0.0284. The lowest BCUT2D eigenvalue weighted by atomic mass is 10.00. The Labute approximate surface area is 213 Å². The number of hydrogen-bond acceptors (Lipinski definition) is 5. The van der Waals surface area contributed by atoms with Crippen LogP contribution in [0.2, 0.25) is 0 Å². The van der Waals surface area contributed by atoms with Gasteiger partial charge in [0.25, 0.3) is 5.91 Å². The molecule has 0 saturated heterocycles. The van der Waals surface area contributed by atoms with Gasteiger partial charge in [-0.25, -0.2) is 9.37 Å². The highest BCUT2D eigenvalue weighted by molar-refractivity contribution is 9.10. The molecule has 2 N–H and O–H groups in total. The molecule has 1 aromatic heterocycles. The minimum Gasteiger partial charge on any atom is -0.481 e. The first-order valence-corrected chi connectivity index (χ1v) is 11.9. The number of aryl methyl sites for hydroxylation is 1. The standard InChI is InChI=1S/C25H23BrF4N4O2/c1-36-22-10-9-21(23(26)32-22)34-14-33(19-8-6-17(27)12-15(19)4-2-3-11-31)20-7-5-16(25(28,29)30)13-18(20)24(34)35/h5-10,12-13H,2-4,11,14,31H2,1H3. The predicted octanol–water partition coefficient (Wildman–Crippen LogP) is 6.05. The van der Waals surface area contributed by atoms with Gasteiger partial charge in [0.15, 0.2) is 0 Å².